The zero-order chi connectivity index (χ0) is 16.8. The van der Waals surface area contributed by atoms with E-state index >= 15 is 0 Å². The minimum atomic E-state index is 0.133. The van der Waals surface area contributed by atoms with Gasteiger partial charge >= 0.3 is 0 Å². The fourth-order valence-electron chi connectivity index (χ4n) is 3.47. The molecule has 1 saturated heterocycles. The first-order valence-corrected chi connectivity index (χ1v) is 9.37. The number of fused-ring (bicyclic) bond motifs is 1. The number of H-pyrrole nitrogens is 1. The van der Waals surface area contributed by atoms with E-state index in [4.69, 9.17) is 0 Å². The number of nitrogens with zero attached hydrogens (tertiary/aromatic N) is 2. The highest BCUT2D eigenvalue weighted by molar-refractivity contribution is 5.98. The van der Waals surface area contributed by atoms with Crippen molar-refractivity contribution >= 4 is 16.8 Å². The maximum absolute atomic E-state index is 12.7. The summed E-state index contributed by atoms with van der Waals surface area (Å²) in [7, 11) is 0. The average Bonchev–Trinajstić information content (AvgIpc) is 3.05. The predicted molar refractivity (Wildman–Crippen MR) is 99.4 cm³/mol. The van der Waals surface area contributed by atoms with Crippen molar-refractivity contribution in [3.05, 3.63) is 36.0 Å². The quantitative estimate of drug-likeness (QED) is 0.784. The number of amides is 1. The molecule has 0 bridgehead atoms. The van der Waals surface area contributed by atoms with Crippen LogP contribution < -0.4 is 0 Å². The molecule has 2 heterocycles. The maximum atomic E-state index is 12.7. The number of aromatic amines is 1. The van der Waals surface area contributed by atoms with Gasteiger partial charge in [0.15, 0.2) is 0 Å². The van der Waals surface area contributed by atoms with Gasteiger partial charge in [0.2, 0.25) is 0 Å². The molecule has 3 rings (SSSR count). The van der Waals surface area contributed by atoms with E-state index in [1.165, 1.54) is 38.6 Å². The van der Waals surface area contributed by atoms with Gasteiger partial charge in [0.05, 0.1) is 0 Å². The molecule has 0 unspecified atom stereocenters. The van der Waals surface area contributed by atoms with E-state index in [-0.39, 0.29) is 5.91 Å². The second-order valence-electron chi connectivity index (χ2n) is 6.82. The Hall–Kier alpha value is -1.81. The van der Waals surface area contributed by atoms with Crippen LogP contribution in [0, 0.1) is 0 Å². The van der Waals surface area contributed by atoms with Crippen LogP contribution in [-0.4, -0.2) is 53.4 Å². The average molecular weight is 327 g/mol. The first kappa shape index (κ1) is 17.0. The summed E-state index contributed by atoms with van der Waals surface area (Å²) in [6.07, 6.45) is 6.63. The molecule has 0 atom stereocenters. The number of aromatic nitrogens is 1. The standard InChI is InChI=1S/C20H29N3O/c1-2-3-4-5-8-11-22-12-14-23(15-13-22)20(24)19-16-17-9-6-7-10-18(17)21-19/h6-7,9-10,16,21H,2-5,8,11-15H2,1H3. The van der Waals surface area contributed by atoms with Gasteiger partial charge in [-0.1, -0.05) is 50.8 Å². The van der Waals surface area contributed by atoms with Crippen LogP contribution in [0.25, 0.3) is 10.9 Å². The van der Waals surface area contributed by atoms with Crippen LogP contribution in [0.3, 0.4) is 0 Å². The number of piperazine rings is 1. The molecule has 1 amide bonds. The van der Waals surface area contributed by atoms with Crippen molar-refractivity contribution in [2.24, 2.45) is 0 Å². The van der Waals surface area contributed by atoms with E-state index in [9.17, 15) is 4.79 Å². The molecule has 0 radical (unpaired) electrons. The number of benzene rings is 1. The number of unbranched alkanes of at least 4 members (excludes halogenated alkanes) is 4. The molecule has 2 aromatic rings. The normalized spacial score (nSPS) is 16.0. The van der Waals surface area contributed by atoms with E-state index in [1.807, 2.05) is 35.2 Å². The summed E-state index contributed by atoms with van der Waals surface area (Å²) in [5.41, 5.74) is 1.75. The van der Waals surface area contributed by atoms with Crippen LogP contribution in [0.5, 0.6) is 0 Å². The number of rotatable bonds is 7. The Morgan fingerprint density at radius 3 is 2.54 bits per heavy atom. The fraction of sp³-hybridized carbons (Fsp3) is 0.550. The Balaban J connectivity index is 1.46. The Morgan fingerprint density at radius 1 is 1.04 bits per heavy atom. The Bertz CT molecular complexity index is 623. The lowest BCUT2D eigenvalue weighted by Gasteiger charge is -2.34. The number of carbonyl (C=O) groups is 1. The second kappa shape index (κ2) is 8.34. The molecule has 4 heteroatoms. The van der Waals surface area contributed by atoms with Gasteiger partial charge in [-0.3, -0.25) is 9.69 Å². The molecule has 0 spiro atoms. The molecule has 1 fully saturated rings. The summed E-state index contributed by atoms with van der Waals surface area (Å²) in [6.45, 7) is 7.10. The molecular weight excluding hydrogens is 298 g/mol. The zero-order valence-corrected chi connectivity index (χ0v) is 14.8. The molecule has 130 valence electrons. The van der Waals surface area contributed by atoms with E-state index in [0.29, 0.717) is 5.69 Å². The van der Waals surface area contributed by atoms with Crippen LogP contribution >= 0.6 is 0 Å². The second-order valence-corrected chi connectivity index (χ2v) is 6.82. The van der Waals surface area contributed by atoms with Gasteiger partial charge in [0.25, 0.3) is 5.91 Å². The van der Waals surface area contributed by atoms with Crippen LogP contribution in [0.15, 0.2) is 30.3 Å². The van der Waals surface area contributed by atoms with Crippen molar-refractivity contribution in [3.63, 3.8) is 0 Å². The molecule has 1 aliphatic heterocycles. The molecule has 1 aromatic heterocycles. The van der Waals surface area contributed by atoms with Crippen molar-refractivity contribution in [3.8, 4) is 0 Å². The van der Waals surface area contributed by atoms with Crippen molar-refractivity contribution < 1.29 is 4.79 Å². The number of nitrogens with one attached hydrogen (secondary N) is 1. The number of carbonyl (C=O) groups excluding carboxylic acids is 1. The highest BCUT2D eigenvalue weighted by Crippen LogP contribution is 2.17. The third-order valence-electron chi connectivity index (χ3n) is 5.00. The molecule has 24 heavy (non-hydrogen) atoms. The molecule has 1 N–H and O–H groups in total. The number of hydrogen-bond acceptors (Lipinski definition) is 2. The molecular formula is C20H29N3O. The lowest BCUT2D eigenvalue weighted by Crippen LogP contribution is -2.48. The zero-order valence-electron chi connectivity index (χ0n) is 14.8. The summed E-state index contributed by atoms with van der Waals surface area (Å²) in [4.78, 5) is 20.4. The first-order valence-electron chi connectivity index (χ1n) is 9.37. The summed E-state index contributed by atoms with van der Waals surface area (Å²) < 4.78 is 0. The smallest absolute Gasteiger partial charge is 0.270 e. The van der Waals surface area contributed by atoms with Gasteiger partial charge in [0.1, 0.15) is 5.69 Å². The predicted octanol–water partition coefficient (Wildman–Crippen LogP) is 3.90. The molecule has 0 aliphatic carbocycles. The first-order chi connectivity index (χ1) is 11.8. The minimum absolute atomic E-state index is 0.133. The summed E-state index contributed by atoms with van der Waals surface area (Å²) in [5.74, 6) is 0.133. The van der Waals surface area contributed by atoms with Crippen LogP contribution in [0.4, 0.5) is 0 Å². The summed E-state index contributed by atoms with van der Waals surface area (Å²) in [5, 5.41) is 1.10. The van der Waals surface area contributed by atoms with Crippen molar-refractivity contribution in [2.45, 2.75) is 39.0 Å². The van der Waals surface area contributed by atoms with Gasteiger partial charge < -0.3 is 9.88 Å². The lowest BCUT2D eigenvalue weighted by molar-refractivity contribution is 0.0630. The Labute approximate surface area is 144 Å². The maximum Gasteiger partial charge on any atom is 0.270 e. The third kappa shape index (κ3) is 4.18. The van der Waals surface area contributed by atoms with Gasteiger partial charge in [-0.25, -0.2) is 0 Å². The third-order valence-corrected chi connectivity index (χ3v) is 5.00. The SMILES string of the molecule is CCCCCCCN1CCN(C(=O)c2cc3ccccc3[nH]2)CC1. The molecule has 4 nitrogen and oxygen atoms in total. The van der Waals surface area contributed by atoms with Crippen LogP contribution in [0.2, 0.25) is 0 Å². The van der Waals surface area contributed by atoms with E-state index < -0.39 is 0 Å². The van der Waals surface area contributed by atoms with Gasteiger partial charge in [-0.2, -0.15) is 0 Å². The highest BCUT2D eigenvalue weighted by Gasteiger charge is 2.22. The molecule has 1 aromatic carbocycles. The van der Waals surface area contributed by atoms with E-state index in [0.717, 1.165) is 37.1 Å². The lowest BCUT2D eigenvalue weighted by atomic mass is 10.1. The summed E-state index contributed by atoms with van der Waals surface area (Å²) in [6, 6.07) is 10.0. The van der Waals surface area contributed by atoms with Crippen LogP contribution in [-0.2, 0) is 0 Å². The van der Waals surface area contributed by atoms with Crippen LogP contribution in [0.1, 0.15) is 49.5 Å². The topological polar surface area (TPSA) is 39.3 Å². The summed E-state index contributed by atoms with van der Waals surface area (Å²) >= 11 is 0. The van der Waals surface area contributed by atoms with Gasteiger partial charge in [0, 0.05) is 37.1 Å². The molecule has 1 aliphatic rings. The number of para-hydroxylation sites is 1. The van der Waals surface area contributed by atoms with Crippen molar-refractivity contribution in [2.75, 3.05) is 32.7 Å². The monoisotopic (exact) mass is 327 g/mol. The fourth-order valence-corrected chi connectivity index (χ4v) is 3.47. The van der Waals surface area contributed by atoms with Gasteiger partial charge in [-0.15, -0.1) is 0 Å². The Kier molecular flexibility index (Phi) is 5.91. The van der Waals surface area contributed by atoms with Crippen molar-refractivity contribution in [1.82, 2.24) is 14.8 Å². The molecule has 0 saturated carbocycles. The Morgan fingerprint density at radius 2 is 1.79 bits per heavy atom. The minimum Gasteiger partial charge on any atom is -0.351 e. The largest absolute Gasteiger partial charge is 0.351 e. The van der Waals surface area contributed by atoms with E-state index in [2.05, 4.69) is 16.8 Å². The van der Waals surface area contributed by atoms with Gasteiger partial charge in [-0.05, 0) is 25.1 Å². The highest BCUT2D eigenvalue weighted by atomic mass is 16.2. The number of hydrogen-bond donors (Lipinski definition) is 1. The van der Waals surface area contributed by atoms with Crippen molar-refractivity contribution in [1.29, 1.82) is 0 Å². The van der Waals surface area contributed by atoms with E-state index in [1.54, 1.807) is 0 Å².